The molecule has 4 aromatic rings. The summed E-state index contributed by atoms with van der Waals surface area (Å²) in [5, 5.41) is 4.61. The van der Waals surface area contributed by atoms with E-state index in [1.807, 2.05) is 53.9 Å². The Labute approximate surface area is 150 Å². The minimum absolute atomic E-state index is 0.0746. The van der Waals surface area contributed by atoms with Gasteiger partial charge in [-0.1, -0.05) is 24.3 Å². The molecule has 0 radical (unpaired) electrons. The van der Waals surface area contributed by atoms with Gasteiger partial charge in [0.25, 0.3) is 0 Å². The van der Waals surface area contributed by atoms with Gasteiger partial charge in [0.15, 0.2) is 5.78 Å². The lowest BCUT2D eigenvalue weighted by Gasteiger charge is -2.03. The summed E-state index contributed by atoms with van der Waals surface area (Å²) in [7, 11) is 0. The number of pyridine rings is 1. The molecule has 0 aliphatic rings. The van der Waals surface area contributed by atoms with E-state index in [9.17, 15) is 4.79 Å². The van der Waals surface area contributed by atoms with Gasteiger partial charge in [-0.15, -0.1) is 6.58 Å². The highest BCUT2D eigenvalue weighted by Gasteiger charge is 2.21. The van der Waals surface area contributed by atoms with Gasteiger partial charge in [0.1, 0.15) is 5.65 Å². The number of carbonyl (C=O) groups is 1. The third-order valence-corrected chi connectivity index (χ3v) is 4.36. The number of allylic oxidation sites excluding steroid dienone is 2. The van der Waals surface area contributed by atoms with Crippen LogP contribution < -0.4 is 0 Å². The molecule has 0 spiro atoms. The van der Waals surface area contributed by atoms with Gasteiger partial charge >= 0.3 is 0 Å². The lowest BCUT2D eigenvalue weighted by Crippen LogP contribution is -2.02. The van der Waals surface area contributed by atoms with Crippen LogP contribution in [-0.4, -0.2) is 24.9 Å². The summed E-state index contributed by atoms with van der Waals surface area (Å²) >= 11 is 0. The first-order valence-electron chi connectivity index (χ1n) is 8.40. The van der Waals surface area contributed by atoms with Crippen LogP contribution in [0.25, 0.3) is 22.8 Å². The highest BCUT2D eigenvalue weighted by molar-refractivity contribution is 6.12. The molecule has 0 aliphatic carbocycles. The summed E-state index contributed by atoms with van der Waals surface area (Å²) < 4.78 is 3.92. The molecule has 0 amide bonds. The number of rotatable bonds is 5. The van der Waals surface area contributed by atoms with Crippen molar-refractivity contribution in [3.8, 4) is 0 Å². The molecular weight excluding hydrogens is 324 g/mol. The maximum Gasteiger partial charge on any atom is 0.191 e. The van der Waals surface area contributed by atoms with Crippen LogP contribution in [0.2, 0.25) is 0 Å². The summed E-state index contributed by atoms with van der Waals surface area (Å²) in [5.74, 6) is -0.0746. The minimum Gasteiger partial charge on any atom is -0.320 e. The molecule has 5 nitrogen and oxygen atoms in total. The molecule has 128 valence electrons. The van der Waals surface area contributed by atoms with E-state index in [4.69, 9.17) is 0 Å². The Morgan fingerprint density at radius 1 is 1.19 bits per heavy atom. The number of fused-ring (bicyclic) bond motifs is 3. The third-order valence-electron chi connectivity index (χ3n) is 4.36. The Kier molecular flexibility index (Phi) is 3.97. The zero-order valence-electron chi connectivity index (χ0n) is 14.5. The number of aromatic nitrogens is 4. The minimum atomic E-state index is -0.0746. The lowest BCUT2D eigenvalue weighted by molar-refractivity contribution is 0.104. The number of hydrogen-bond donors (Lipinski definition) is 0. The fraction of sp³-hybridized carbons (Fsp3) is 0.0952. The second-order valence-electron chi connectivity index (χ2n) is 6.07. The van der Waals surface area contributed by atoms with E-state index in [0.717, 1.165) is 22.2 Å². The normalized spacial score (nSPS) is 11.6. The van der Waals surface area contributed by atoms with Crippen molar-refractivity contribution in [1.29, 1.82) is 0 Å². The van der Waals surface area contributed by atoms with Crippen LogP contribution in [0.1, 0.15) is 21.6 Å². The molecule has 0 aliphatic heterocycles. The van der Waals surface area contributed by atoms with Gasteiger partial charge in [0.05, 0.1) is 22.3 Å². The van der Waals surface area contributed by atoms with Crippen molar-refractivity contribution < 1.29 is 4.79 Å². The van der Waals surface area contributed by atoms with E-state index in [1.165, 1.54) is 0 Å². The van der Waals surface area contributed by atoms with Crippen molar-refractivity contribution in [2.75, 3.05) is 0 Å². The molecule has 0 fully saturated rings. The first-order valence-corrected chi connectivity index (χ1v) is 8.40. The standard InChI is InChI=1S/C21H18N4O/c1-3-13-24-17-8-4-5-9-18(17)25-21(24)20(15(2)23-25)19(26)11-10-16-7-6-12-22-14-16/h3-12,14H,1,13H2,2H3/b11-10+. The third kappa shape index (κ3) is 2.54. The number of nitrogens with zero attached hydrogens (tertiary/aromatic N) is 4. The number of hydrogen-bond acceptors (Lipinski definition) is 3. The van der Waals surface area contributed by atoms with Crippen LogP contribution in [-0.2, 0) is 6.54 Å². The molecular formula is C21H18N4O. The van der Waals surface area contributed by atoms with Crippen LogP contribution in [0.15, 0.2) is 67.5 Å². The molecule has 0 N–H and O–H groups in total. The number of benzene rings is 1. The van der Waals surface area contributed by atoms with Gasteiger partial charge in [-0.25, -0.2) is 4.52 Å². The van der Waals surface area contributed by atoms with Gasteiger partial charge in [-0.05, 0) is 42.8 Å². The van der Waals surface area contributed by atoms with Crippen molar-refractivity contribution in [2.24, 2.45) is 0 Å². The molecule has 0 saturated heterocycles. The SMILES string of the molecule is C=CCn1c2ccccc2n2nc(C)c(C(=O)/C=C/c3cccnc3)c12. The predicted molar refractivity (Wildman–Crippen MR) is 103 cm³/mol. The number of para-hydroxylation sites is 2. The summed E-state index contributed by atoms with van der Waals surface area (Å²) in [6.45, 7) is 6.32. The largest absolute Gasteiger partial charge is 0.320 e. The Bertz CT molecular complexity index is 1150. The van der Waals surface area contributed by atoms with E-state index in [0.29, 0.717) is 17.8 Å². The average molecular weight is 342 g/mol. The van der Waals surface area contributed by atoms with E-state index in [1.54, 1.807) is 24.5 Å². The van der Waals surface area contributed by atoms with E-state index >= 15 is 0 Å². The molecule has 0 bridgehead atoms. The molecule has 4 rings (SSSR count). The Balaban J connectivity index is 1.89. The fourth-order valence-electron chi connectivity index (χ4n) is 3.25. The van der Waals surface area contributed by atoms with E-state index < -0.39 is 0 Å². The van der Waals surface area contributed by atoms with Crippen LogP contribution in [0.4, 0.5) is 0 Å². The predicted octanol–water partition coefficient (Wildman–Crippen LogP) is 4.07. The van der Waals surface area contributed by atoms with E-state index in [2.05, 4.69) is 21.2 Å². The second kappa shape index (κ2) is 6.44. The quantitative estimate of drug-likeness (QED) is 0.312. The first-order chi connectivity index (χ1) is 12.7. The number of imidazole rings is 1. The zero-order chi connectivity index (χ0) is 18.1. The summed E-state index contributed by atoms with van der Waals surface area (Å²) in [5.41, 5.74) is 5.01. The molecule has 3 heterocycles. The van der Waals surface area contributed by atoms with Crippen molar-refractivity contribution in [3.05, 3.63) is 84.3 Å². The maximum absolute atomic E-state index is 12.9. The van der Waals surface area contributed by atoms with Crippen molar-refractivity contribution in [1.82, 2.24) is 19.2 Å². The number of aryl methyl sites for hydroxylation is 1. The van der Waals surface area contributed by atoms with Gasteiger partial charge in [0, 0.05) is 18.9 Å². The second-order valence-corrected chi connectivity index (χ2v) is 6.07. The smallest absolute Gasteiger partial charge is 0.191 e. The van der Waals surface area contributed by atoms with Crippen molar-refractivity contribution in [2.45, 2.75) is 13.5 Å². The Morgan fingerprint density at radius 3 is 2.73 bits per heavy atom. The summed E-state index contributed by atoms with van der Waals surface area (Å²) in [4.78, 5) is 17.0. The summed E-state index contributed by atoms with van der Waals surface area (Å²) in [6.07, 6.45) is 8.61. The van der Waals surface area contributed by atoms with Gasteiger partial charge in [-0.3, -0.25) is 9.78 Å². The molecule has 26 heavy (non-hydrogen) atoms. The molecule has 5 heteroatoms. The Morgan fingerprint density at radius 2 is 2.00 bits per heavy atom. The maximum atomic E-state index is 12.9. The van der Waals surface area contributed by atoms with Crippen LogP contribution in [0, 0.1) is 6.92 Å². The molecule has 1 aromatic carbocycles. The summed E-state index contributed by atoms with van der Waals surface area (Å²) in [6, 6.07) is 11.7. The van der Waals surface area contributed by atoms with Crippen molar-refractivity contribution >= 4 is 28.5 Å². The first kappa shape index (κ1) is 16.0. The van der Waals surface area contributed by atoms with Crippen molar-refractivity contribution in [3.63, 3.8) is 0 Å². The molecule has 0 unspecified atom stereocenters. The molecule has 0 atom stereocenters. The highest BCUT2D eigenvalue weighted by Crippen LogP contribution is 2.26. The van der Waals surface area contributed by atoms with Crippen LogP contribution in [0.5, 0.6) is 0 Å². The molecule has 0 saturated carbocycles. The lowest BCUT2D eigenvalue weighted by atomic mass is 10.1. The van der Waals surface area contributed by atoms with Crippen LogP contribution in [0.3, 0.4) is 0 Å². The van der Waals surface area contributed by atoms with Crippen LogP contribution >= 0.6 is 0 Å². The van der Waals surface area contributed by atoms with E-state index in [-0.39, 0.29) is 5.78 Å². The van der Waals surface area contributed by atoms with Gasteiger partial charge in [-0.2, -0.15) is 5.10 Å². The fourth-order valence-corrected chi connectivity index (χ4v) is 3.25. The number of carbonyl (C=O) groups excluding carboxylic acids is 1. The average Bonchev–Trinajstić information content (AvgIpc) is 3.15. The topological polar surface area (TPSA) is 52.2 Å². The zero-order valence-corrected chi connectivity index (χ0v) is 14.5. The van der Waals surface area contributed by atoms with Gasteiger partial charge < -0.3 is 4.57 Å². The monoisotopic (exact) mass is 342 g/mol. The molecule has 3 aromatic heterocycles. The Hall–Kier alpha value is -3.47. The number of ketones is 1. The van der Waals surface area contributed by atoms with Gasteiger partial charge in [0.2, 0.25) is 0 Å². The highest BCUT2D eigenvalue weighted by atomic mass is 16.1.